The SMILES string of the molecule is CC(C)(C)CCOc1ccc(C#CCO)cc1. The number of hydrogen-bond acceptors (Lipinski definition) is 2. The van der Waals surface area contributed by atoms with Gasteiger partial charge in [-0.25, -0.2) is 0 Å². The molecule has 17 heavy (non-hydrogen) atoms. The van der Waals surface area contributed by atoms with E-state index < -0.39 is 0 Å². The molecule has 2 heteroatoms. The summed E-state index contributed by atoms with van der Waals surface area (Å²) in [5.74, 6) is 6.32. The van der Waals surface area contributed by atoms with E-state index in [0.717, 1.165) is 24.3 Å². The molecule has 0 aromatic heterocycles. The van der Waals surface area contributed by atoms with E-state index in [1.54, 1.807) is 0 Å². The third kappa shape index (κ3) is 5.99. The molecule has 1 rings (SSSR count). The van der Waals surface area contributed by atoms with Crippen LogP contribution in [-0.2, 0) is 0 Å². The molecule has 0 saturated heterocycles. The second-order valence-corrected chi connectivity index (χ2v) is 5.14. The van der Waals surface area contributed by atoms with Crippen molar-refractivity contribution in [3.05, 3.63) is 29.8 Å². The first kappa shape index (κ1) is 13.6. The number of hydrogen-bond donors (Lipinski definition) is 1. The standard InChI is InChI=1S/C15H20O2/c1-15(2,3)10-12-17-14-8-6-13(7-9-14)5-4-11-16/h6-9,16H,10-12H2,1-3H3. The molecule has 0 aliphatic carbocycles. The minimum absolute atomic E-state index is 0.107. The van der Waals surface area contributed by atoms with Gasteiger partial charge in [0, 0.05) is 5.56 Å². The molecule has 1 aromatic carbocycles. The third-order valence-electron chi connectivity index (χ3n) is 2.29. The van der Waals surface area contributed by atoms with Crippen LogP contribution in [0.1, 0.15) is 32.8 Å². The first-order chi connectivity index (χ1) is 8.01. The van der Waals surface area contributed by atoms with Gasteiger partial charge in [-0.15, -0.1) is 0 Å². The van der Waals surface area contributed by atoms with Crippen LogP contribution in [0.15, 0.2) is 24.3 Å². The van der Waals surface area contributed by atoms with E-state index in [1.165, 1.54) is 0 Å². The maximum absolute atomic E-state index is 8.58. The van der Waals surface area contributed by atoms with Crippen LogP contribution in [0.4, 0.5) is 0 Å². The van der Waals surface area contributed by atoms with Gasteiger partial charge < -0.3 is 9.84 Å². The normalized spacial score (nSPS) is 10.6. The molecular formula is C15H20O2. The molecule has 0 aliphatic rings. The molecule has 0 aliphatic heterocycles. The fourth-order valence-electron chi connectivity index (χ4n) is 1.25. The van der Waals surface area contributed by atoms with E-state index in [9.17, 15) is 0 Å². The molecule has 1 aromatic rings. The first-order valence-corrected chi connectivity index (χ1v) is 5.84. The summed E-state index contributed by atoms with van der Waals surface area (Å²) in [6, 6.07) is 7.61. The lowest BCUT2D eigenvalue weighted by molar-refractivity contribution is 0.243. The minimum atomic E-state index is -0.107. The topological polar surface area (TPSA) is 29.5 Å². The van der Waals surface area contributed by atoms with Crippen molar-refractivity contribution in [2.24, 2.45) is 5.41 Å². The van der Waals surface area contributed by atoms with Crippen molar-refractivity contribution >= 4 is 0 Å². The van der Waals surface area contributed by atoms with Gasteiger partial charge in [0.05, 0.1) is 6.61 Å². The smallest absolute Gasteiger partial charge is 0.119 e. The Morgan fingerprint density at radius 2 is 1.82 bits per heavy atom. The van der Waals surface area contributed by atoms with Gasteiger partial charge >= 0.3 is 0 Å². The van der Waals surface area contributed by atoms with Crippen LogP contribution in [0.5, 0.6) is 5.75 Å². The Morgan fingerprint density at radius 1 is 1.18 bits per heavy atom. The zero-order valence-electron chi connectivity index (χ0n) is 10.8. The van der Waals surface area contributed by atoms with Crippen LogP contribution in [0.25, 0.3) is 0 Å². The summed E-state index contributed by atoms with van der Waals surface area (Å²) in [5.41, 5.74) is 1.19. The molecule has 0 bridgehead atoms. The van der Waals surface area contributed by atoms with Gasteiger partial charge in [0.15, 0.2) is 0 Å². The molecule has 0 fully saturated rings. The number of ether oxygens (including phenoxy) is 1. The highest BCUT2D eigenvalue weighted by molar-refractivity contribution is 5.38. The molecular weight excluding hydrogens is 212 g/mol. The van der Waals surface area contributed by atoms with Crippen molar-refractivity contribution in [3.63, 3.8) is 0 Å². The van der Waals surface area contributed by atoms with E-state index in [0.29, 0.717) is 5.41 Å². The Kier molecular flexibility index (Phi) is 5.06. The highest BCUT2D eigenvalue weighted by Gasteiger charge is 2.09. The minimum Gasteiger partial charge on any atom is -0.494 e. The Labute approximate surface area is 104 Å². The average molecular weight is 232 g/mol. The zero-order valence-corrected chi connectivity index (χ0v) is 10.8. The summed E-state index contributed by atoms with van der Waals surface area (Å²) in [6.45, 7) is 7.22. The predicted octanol–water partition coefficient (Wildman–Crippen LogP) is 2.85. The van der Waals surface area contributed by atoms with Crippen LogP contribution < -0.4 is 4.74 Å². The van der Waals surface area contributed by atoms with Gasteiger partial charge in [-0.3, -0.25) is 0 Å². The number of aliphatic hydroxyl groups is 1. The van der Waals surface area contributed by atoms with Crippen LogP contribution in [0.3, 0.4) is 0 Å². The fraction of sp³-hybridized carbons (Fsp3) is 0.467. The second-order valence-electron chi connectivity index (χ2n) is 5.14. The van der Waals surface area contributed by atoms with E-state index in [2.05, 4.69) is 32.6 Å². The quantitative estimate of drug-likeness (QED) is 0.812. The Hall–Kier alpha value is -1.46. The number of benzene rings is 1. The molecule has 0 heterocycles. The lowest BCUT2D eigenvalue weighted by Gasteiger charge is -2.18. The number of rotatable bonds is 3. The summed E-state index contributed by atoms with van der Waals surface area (Å²) >= 11 is 0. The summed E-state index contributed by atoms with van der Waals surface area (Å²) in [6.07, 6.45) is 1.03. The van der Waals surface area contributed by atoms with Gasteiger partial charge in [0.1, 0.15) is 12.4 Å². The summed E-state index contributed by atoms with van der Waals surface area (Å²) in [7, 11) is 0. The third-order valence-corrected chi connectivity index (χ3v) is 2.29. The summed E-state index contributed by atoms with van der Waals surface area (Å²) in [4.78, 5) is 0. The van der Waals surface area contributed by atoms with E-state index in [1.807, 2.05) is 24.3 Å². The van der Waals surface area contributed by atoms with Gasteiger partial charge in [0.2, 0.25) is 0 Å². The van der Waals surface area contributed by atoms with Crippen molar-refractivity contribution in [1.29, 1.82) is 0 Å². The highest BCUT2D eigenvalue weighted by atomic mass is 16.5. The maximum Gasteiger partial charge on any atom is 0.119 e. The summed E-state index contributed by atoms with van der Waals surface area (Å²) < 4.78 is 5.64. The van der Waals surface area contributed by atoms with Gasteiger partial charge in [0.25, 0.3) is 0 Å². The van der Waals surface area contributed by atoms with Gasteiger partial charge in [-0.05, 0) is 36.1 Å². The molecule has 0 radical (unpaired) electrons. The van der Waals surface area contributed by atoms with E-state index >= 15 is 0 Å². The van der Waals surface area contributed by atoms with Crippen LogP contribution >= 0.6 is 0 Å². The number of aliphatic hydroxyl groups excluding tert-OH is 1. The molecule has 0 amide bonds. The average Bonchev–Trinajstić information content (AvgIpc) is 2.26. The van der Waals surface area contributed by atoms with E-state index in [-0.39, 0.29) is 6.61 Å². The molecule has 92 valence electrons. The van der Waals surface area contributed by atoms with Crippen molar-refractivity contribution < 1.29 is 9.84 Å². The van der Waals surface area contributed by atoms with Crippen LogP contribution in [0.2, 0.25) is 0 Å². The predicted molar refractivity (Wildman–Crippen MR) is 70.0 cm³/mol. The molecule has 1 N–H and O–H groups in total. The van der Waals surface area contributed by atoms with Crippen molar-refractivity contribution in [2.45, 2.75) is 27.2 Å². The zero-order chi connectivity index (χ0) is 12.7. The largest absolute Gasteiger partial charge is 0.494 e. The molecule has 0 atom stereocenters. The molecule has 0 unspecified atom stereocenters. The monoisotopic (exact) mass is 232 g/mol. The van der Waals surface area contributed by atoms with Crippen LogP contribution in [-0.4, -0.2) is 18.3 Å². The van der Waals surface area contributed by atoms with Crippen LogP contribution in [0, 0.1) is 17.3 Å². The lowest BCUT2D eigenvalue weighted by Crippen LogP contribution is -2.11. The van der Waals surface area contributed by atoms with Gasteiger partial charge in [-0.1, -0.05) is 32.6 Å². The maximum atomic E-state index is 8.58. The Morgan fingerprint density at radius 3 is 2.35 bits per heavy atom. The van der Waals surface area contributed by atoms with Crippen molar-refractivity contribution in [2.75, 3.05) is 13.2 Å². The van der Waals surface area contributed by atoms with E-state index in [4.69, 9.17) is 9.84 Å². The Bertz CT molecular complexity index is 388. The fourth-order valence-corrected chi connectivity index (χ4v) is 1.25. The second kappa shape index (κ2) is 6.32. The molecule has 2 nitrogen and oxygen atoms in total. The summed E-state index contributed by atoms with van der Waals surface area (Å²) in [5, 5.41) is 8.58. The highest BCUT2D eigenvalue weighted by Crippen LogP contribution is 2.19. The van der Waals surface area contributed by atoms with Gasteiger partial charge in [-0.2, -0.15) is 0 Å². The molecule has 0 saturated carbocycles. The van der Waals surface area contributed by atoms with Crippen molar-refractivity contribution in [3.8, 4) is 17.6 Å². The lowest BCUT2D eigenvalue weighted by atomic mass is 9.93. The van der Waals surface area contributed by atoms with Crippen molar-refractivity contribution in [1.82, 2.24) is 0 Å². The Balaban J connectivity index is 2.46. The molecule has 0 spiro atoms. The first-order valence-electron chi connectivity index (χ1n) is 5.84.